The number of benzene rings is 1. The Morgan fingerprint density at radius 3 is 2.36 bits per heavy atom. The zero-order valence-electron chi connectivity index (χ0n) is 12.5. The number of primary amides is 1. The molecule has 0 bridgehead atoms. The number of hydrogen-bond acceptors (Lipinski definition) is 4. The van der Waals surface area contributed by atoms with Crippen molar-refractivity contribution in [2.24, 2.45) is 11.7 Å². The molecule has 1 rings (SSSR count). The van der Waals surface area contributed by atoms with Crippen LogP contribution in [0.1, 0.15) is 30.6 Å². The summed E-state index contributed by atoms with van der Waals surface area (Å²) in [5.41, 5.74) is 5.44. The van der Waals surface area contributed by atoms with Gasteiger partial charge in [0.2, 0.25) is 0 Å². The lowest BCUT2D eigenvalue weighted by atomic mass is 9.99. The van der Waals surface area contributed by atoms with Crippen LogP contribution in [0.25, 0.3) is 0 Å². The lowest BCUT2D eigenvalue weighted by Gasteiger charge is -2.21. The first-order valence-electron chi connectivity index (χ1n) is 6.86. The Bertz CT molecular complexity index is 545. The molecule has 22 heavy (non-hydrogen) atoms. The number of halogens is 1. The summed E-state index contributed by atoms with van der Waals surface area (Å²) in [4.78, 5) is 34.9. The van der Waals surface area contributed by atoms with Gasteiger partial charge in [-0.15, -0.1) is 0 Å². The average molecular weight is 327 g/mol. The van der Waals surface area contributed by atoms with Gasteiger partial charge in [-0.2, -0.15) is 0 Å². The average Bonchev–Trinajstić information content (AvgIpc) is 2.49. The van der Waals surface area contributed by atoms with Crippen molar-refractivity contribution in [3.8, 4) is 0 Å². The highest BCUT2D eigenvalue weighted by Crippen LogP contribution is 2.12. The number of nitrogens with two attached hydrogens (primary N) is 1. The topological polar surface area (TPSA) is 98.5 Å². The molecule has 7 heteroatoms. The van der Waals surface area contributed by atoms with Gasteiger partial charge in [0, 0.05) is 10.6 Å². The molecule has 0 heterocycles. The summed E-state index contributed by atoms with van der Waals surface area (Å²) in [6, 6.07) is 4.56. The van der Waals surface area contributed by atoms with Crippen LogP contribution in [0.3, 0.4) is 0 Å². The predicted molar refractivity (Wildman–Crippen MR) is 82.7 cm³/mol. The molecule has 2 atom stereocenters. The van der Waals surface area contributed by atoms with Gasteiger partial charge in [0.25, 0.3) is 0 Å². The van der Waals surface area contributed by atoms with Crippen molar-refractivity contribution in [2.45, 2.75) is 26.3 Å². The number of esters is 1. The van der Waals surface area contributed by atoms with Crippen LogP contribution in [-0.4, -0.2) is 30.4 Å². The van der Waals surface area contributed by atoms with Crippen LogP contribution >= 0.6 is 11.6 Å². The number of ketones is 1. The second-order valence-electron chi connectivity index (χ2n) is 4.91. The number of urea groups is 1. The van der Waals surface area contributed by atoms with Crippen LogP contribution in [0.15, 0.2) is 24.3 Å². The maximum atomic E-state index is 12.0. The molecule has 120 valence electrons. The first-order valence-corrected chi connectivity index (χ1v) is 7.24. The summed E-state index contributed by atoms with van der Waals surface area (Å²) in [5.74, 6) is -1.20. The number of carbonyl (C=O) groups is 3. The van der Waals surface area contributed by atoms with E-state index in [1.54, 1.807) is 31.2 Å². The number of amides is 2. The summed E-state index contributed by atoms with van der Waals surface area (Å²) in [6.07, 6.45) is 0.644. The molecular formula is C15H19ClN2O4. The molecule has 0 saturated heterocycles. The second kappa shape index (κ2) is 8.38. The third-order valence-corrected chi connectivity index (χ3v) is 3.53. The standard InChI is InChI=1S/C15H19ClN2O4/c1-3-9(2)13(18-15(17)21)14(20)22-8-12(19)10-4-6-11(16)7-5-10/h4-7,9,13H,3,8H2,1-2H3,(H3,17,18,21)/t9-,13-/m0/s1. The van der Waals surface area contributed by atoms with E-state index < -0.39 is 24.6 Å². The van der Waals surface area contributed by atoms with Gasteiger partial charge in [-0.25, -0.2) is 9.59 Å². The van der Waals surface area contributed by atoms with Gasteiger partial charge in [-0.05, 0) is 30.2 Å². The summed E-state index contributed by atoms with van der Waals surface area (Å²) in [5, 5.41) is 2.85. The fraction of sp³-hybridized carbons (Fsp3) is 0.400. The van der Waals surface area contributed by atoms with Crippen molar-refractivity contribution in [1.82, 2.24) is 5.32 Å². The van der Waals surface area contributed by atoms with Gasteiger partial charge in [0.1, 0.15) is 6.04 Å². The Hall–Kier alpha value is -2.08. The summed E-state index contributed by atoms with van der Waals surface area (Å²) in [7, 11) is 0. The first kappa shape index (κ1) is 18.0. The highest BCUT2D eigenvalue weighted by atomic mass is 35.5. The molecule has 3 N–H and O–H groups in total. The molecule has 0 aromatic heterocycles. The number of carbonyl (C=O) groups excluding carboxylic acids is 3. The predicted octanol–water partition coefficient (Wildman–Crippen LogP) is 2.15. The summed E-state index contributed by atoms with van der Waals surface area (Å²) >= 11 is 5.74. The Morgan fingerprint density at radius 1 is 1.27 bits per heavy atom. The van der Waals surface area contributed by atoms with Crippen molar-refractivity contribution < 1.29 is 19.1 Å². The second-order valence-corrected chi connectivity index (χ2v) is 5.35. The minimum atomic E-state index is -0.875. The van der Waals surface area contributed by atoms with E-state index in [1.165, 1.54) is 0 Å². The summed E-state index contributed by atoms with van der Waals surface area (Å²) in [6.45, 7) is 3.24. The third-order valence-electron chi connectivity index (χ3n) is 3.28. The molecule has 1 aromatic rings. The molecule has 0 unspecified atom stereocenters. The van der Waals surface area contributed by atoms with Gasteiger partial charge in [-0.3, -0.25) is 4.79 Å². The van der Waals surface area contributed by atoms with Crippen molar-refractivity contribution >= 4 is 29.4 Å². The van der Waals surface area contributed by atoms with Crippen LogP contribution in [-0.2, 0) is 9.53 Å². The van der Waals surface area contributed by atoms with E-state index in [9.17, 15) is 14.4 Å². The normalized spacial score (nSPS) is 13.0. The van der Waals surface area contributed by atoms with E-state index in [4.69, 9.17) is 22.1 Å². The Balaban J connectivity index is 2.63. The minimum Gasteiger partial charge on any atom is -0.456 e. The van der Waals surface area contributed by atoms with Gasteiger partial charge in [0.05, 0.1) is 0 Å². The van der Waals surface area contributed by atoms with Gasteiger partial charge in [-0.1, -0.05) is 31.9 Å². The smallest absolute Gasteiger partial charge is 0.329 e. The van der Waals surface area contributed by atoms with E-state index in [1.807, 2.05) is 6.92 Å². The fourth-order valence-corrected chi connectivity index (χ4v) is 1.89. The van der Waals surface area contributed by atoms with E-state index in [-0.39, 0.29) is 11.7 Å². The van der Waals surface area contributed by atoms with E-state index in [0.717, 1.165) is 0 Å². The number of hydrogen-bond donors (Lipinski definition) is 2. The molecule has 0 saturated carbocycles. The van der Waals surface area contributed by atoms with Crippen LogP contribution in [0.5, 0.6) is 0 Å². The highest BCUT2D eigenvalue weighted by Gasteiger charge is 2.27. The van der Waals surface area contributed by atoms with Crippen molar-refractivity contribution in [2.75, 3.05) is 6.61 Å². The molecule has 6 nitrogen and oxygen atoms in total. The lowest BCUT2D eigenvalue weighted by molar-refractivity contribution is -0.146. The monoisotopic (exact) mass is 326 g/mol. The van der Waals surface area contributed by atoms with Crippen LogP contribution < -0.4 is 11.1 Å². The van der Waals surface area contributed by atoms with Crippen molar-refractivity contribution in [3.05, 3.63) is 34.9 Å². The van der Waals surface area contributed by atoms with Gasteiger partial charge in [0.15, 0.2) is 12.4 Å². The zero-order valence-corrected chi connectivity index (χ0v) is 13.2. The molecule has 0 radical (unpaired) electrons. The maximum Gasteiger partial charge on any atom is 0.329 e. The zero-order chi connectivity index (χ0) is 16.7. The molecule has 0 aliphatic rings. The SMILES string of the molecule is CC[C@H](C)[C@H](NC(N)=O)C(=O)OCC(=O)c1ccc(Cl)cc1. The highest BCUT2D eigenvalue weighted by molar-refractivity contribution is 6.30. The number of ether oxygens (including phenoxy) is 1. The Labute approximate surface area is 134 Å². The molecular weight excluding hydrogens is 308 g/mol. The lowest BCUT2D eigenvalue weighted by Crippen LogP contribution is -2.48. The number of nitrogens with one attached hydrogen (secondary N) is 1. The van der Waals surface area contributed by atoms with Crippen molar-refractivity contribution in [1.29, 1.82) is 0 Å². The van der Waals surface area contributed by atoms with E-state index >= 15 is 0 Å². The van der Waals surface area contributed by atoms with Crippen LogP contribution in [0.4, 0.5) is 4.79 Å². The van der Waals surface area contributed by atoms with E-state index in [2.05, 4.69) is 5.32 Å². The fourth-order valence-electron chi connectivity index (χ4n) is 1.77. The molecule has 2 amide bonds. The summed E-state index contributed by atoms with van der Waals surface area (Å²) < 4.78 is 4.98. The maximum absolute atomic E-state index is 12.0. The quantitative estimate of drug-likeness (QED) is 0.592. The van der Waals surface area contributed by atoms with Crippen LogP contribution in [0, 0.1) is 5.92 Å². The molecule has 0 aliphatic heterocycles. The number of rotatable bonds is 7. The van der Waals surface area contributed by atoms with Crippen LogP contribution in [0.2, 0.25) is 5.02 Å². The molecule has 0 spiro atoms. The Morgan fingerprint density at radius 2 is 1.86 bits per heavy atom. The van der Waals surface area contributed by atoms with E-state index in [0.29, 0.717) is 17.0 Å². The largest absolute Gasteiger partial charge is 0.456 e. The third kappa shape index (κ3) is 5.37. The molecule has 1 aromatic carbocycles. The molecule has 0 aliphatic carbocycles. The van der Waals surface area contributed by atoms with Gasteiger partial charge < -0.3 is 15.8 Å². The Kier molecular flexibility index (Phi) is 6.85. The van der Waals surface area contributed by atoms with Gasteiger partial charge >= 0.3 is 12.0 Å². The number of Topliss-reactive ketones (excluding diaryl/α,β-unsaturated/α-hetero) is 1. The minimum absolute atomic E-state index is 0.161. The molecule has 0 fully saturated rings. The van der Waals surface area contributed by atoms with Crippen molar-refractivity contribution in [3.63, 3.8) is 0 Å². The first-order chi connectivity index (χ1) is 10.3.